The van der Waals surface area contributed by atoms with Crippen LogP contribution < -0.4 is 23.7 Å². The topological polar surface area (TPSA) is 481 Å². The van der Waals surface area contributed by atoms with Crippen molar-refractivity contribution in [1.29, 1.82) is 0 Å². The van der Waals surface area contributed by atoms with Crippen LogP contribution in [-0.4, -0.2) is 255 Å². The van der Waals surface area contributed by atoms with Gasteiger partial charge in [-0.15, -0.1) is 0 Å². The maximum atomic E-state index is 15.5. The van der Waals surface area contributed by atoms with Crippen molar-refractivity contribution in [3.05, 3.63) is 81.9 Å². The summed E-state index contributed by atoms with van der Waals surface area (Å²) in [6, 6.07) is 8.96. The second kappa shape index (κ2) is 22.4. The summed E-state index contributed by atoms with van der Waals surface area (Å²) >= 11 is 0. The van der Waals surface area contributed by atoms with Gasteiger partial charge in [0.05, 0.1) is 57.0 Å². The first-order chi connectivity index (χ1) is 41.2. The molecule has 0 spiro atoms. The van der Waals surface area contributed by atoms with Crippen molar-refractivity contribution in [2.45, 2.75) is 166 Å². The van der Waals surface area contributed by atoms with E-state index in [9.17, 15) is 86.8 Å². The molecule has 0 amide bonds. The van der Waals surface area contributed by atoms with Gasteiger partial charge in [-0.05, 0) is 49.7 Å². The van der Waals surface area contributed by atoms with Gasteiger partial charge in [-0.1, -0.05) is 0 Å². The van der Waals surface area contributed by atoms with Gasteiger partial charge in [-0.3, -0.25) is 4.79 Å². The summed E-state index contributed by atoms with van der Waals surface area (Å²) < 4.78 is 79.1. The van der Waals surface area contributed by atoms with Crippen LogP contribution in [-0.2, 0) is 43.7 Å². The number of ketones is 1. The third kappa shape index (κ3) is 9.54. The molecule has 31 nitrogen and oxygen atoms in total. The van der Waals surface area contributed by atoms with Crippen molar-refractivity contribution < 1.29 is 153 Å². The van der Waals surface area contributed by atoms with Crippen molar-refractivity contribution in [1.82, 2.24) is 0 Å². The van der Waals surface area contributed by atoms with E-state index in [1.807, 2.05) is 0 Å². The number of phenols is 5. The highest BCUT2D eigenvalue weighted by Crippen LogP contribution is 2.68. The molecule has 31 heteroatoms. The molecule has 0 aromatic heterocycles. The van der Waals surface area contributed by atoms with Crippen molar-refractivity contribution in [2.75, 3.05) is 27.4 Å². The molecule has 25 atom stereocenters. The average Bonchev–Trinajstić information content (AvgIpc) is 1.63. The molecule has 8 aliphatic rings. The summed E-state index contributed by atoms with van der Waals surface area (Å²) in [5.41, 5.74) is -1.31. The molecule has 0 saturated carbocycles. The van der Waals surface area contributed by atoms with Gasteiger partial charge in [0.2, 0.25) is 5.78 Å². The zero-order valence-electron chi connectivity index (χ0n) is 46.1. The van der Waals surface area contributed by atoms with E-state index in [1.165, 1.54) is 46.3 Å². The molecule has 12 rings (SSSR count). The second-order valence-corrected chi connectivity index (χ2v) is 22.5. The number of rotatable bonds is 13. The SMILES string of the molecule is COc1cc([C@@]23Oc4cc(O)cc(O)c4[C@@H](c4c(cc(O)c5c4O[C@@]4(O[C@@H]6O[C@H](CO[C@@H]7O[C@@H](C)[C@H](O)[C@@H](O)[C@H]7O)[C@@H](O)[C@H](O)[C@H]6O)C(=O)c6cc(OC)c(O)cc6[C@@H]54)O2)[C@@H]3O[C@@H]2O[C@H](CO[C@@H]3O[C@@H](C)[C@H](O)[C@@H](O)[C@H]3O)[C@@H](O)[C@H](O)[C@H]2O)ccc1O. The first-order valence-corrected chi connectivity index (χ1v) is 27.5. The number of carbonyl (C=O) groups excluding carboxylic acids is 1. The standard InChI is InChI=1S/C56H64O31/c1-15-36(62)40(66)44(70)51(79-15)77-13-29-38(64)42(68)46(72)53(81-29)83-50-34-31-23(60)8-18(57)9-27(31)84-55(50,17-5-6-21(58)25(7-17)75-3)85-28-12-24(61)32-35-19-10-22(59)26(76-4)11-20(19)49(74)56(35,86-48(32)33(28)34)87-54-47(73)43(69)39(65)30(82-54)14-78-52-45(71)41(67)37(63)16(2)80-52/h5-12,15-16,29-30,34-47,50-54,57-73H,13-14H2,1-4H3/t15-,16-,29+,30+,34-,35-,36-,37-,38+,39+,40+,41+,42-,43-,44+,45+,46+,47+,50-,51+,52+,53-,54-,55+,56-/m0/s1. The normalized spacial score (nSPS) is 40.8. The minimum Gasteiger partial charge on any atom is -0.508 e. The van der Waals surface area contributed by atoms with E-state index in [4.69, 9.17) is 61.6 Å². The summed E-state index contributed by atoms with van der Waals surface area (Å²) in [7, 11) is 2.41. The molecule has 1 aliphatic carbocycles. The summed E-state index contributed by atoms with van der Waals surface area (Å²) in [5, 5.41) is 190. The van der Waals surface area contributed by atoms with Crippen LogP contribution in [0.1, 0.15) is 63.9 Å². The maximum absolute atomic E-state index is 15.5. The van der Waals surface area contributed by atoms with E-state index in [1.54, 1.807) is 0 Å². The van der Waals surface area contributed by atoms with Crippen LogP contribution in [0, 0.1) is 0 Å². The largest absolute Gasteiger partial charge is 0.508 e. The van der Waals surface area contributed by atoms with Crippen molar-refractivity contribution in [3.8, 4) is 57.5 Å². The molecule has 4 saturated heterocycles. The lowest BCUT2D eigenvalue weighted by Gasteiger charge is -2.53. The quantitative estimate of drug-likeness (QED) is 0.0609. The van der Waals surface area contributed by atoms with Crippen LogP contribution in [0.25, 0.3) is 0 Å². The summed E-state index contributed by atoms with van der Waals surface area (Å²) in [4.78, 5) is 15.5. The summed E-state index contributed by atoms with van der Waals surface area (Å²) in [6.45, 7) is 1.23. The summed E-state index contributed by atoms with van der Waals surface area (Å²) in [6.07, 6.45) is -38.1. The number of aromatic hydroxyl groups is 5. The predicted molar refractivity (Wildman–Crippen MR) is 277 cm³/mol. The zero-order chi connectivity index (χ0) is 62.4. The fraction of sp³-hybridized carbons (Fsp3) is 0.554. The molecule has 0 unspecified atom stereocenters. The lowest BCUT2D eigenvalue weighted by Crippen LogP contribution is -2.64. The van der Waals surface area contributed by atoms with Gasteiger partial charge in [0, 0.05) is 40.5 Å². The van der Waals surface area contributed by atoms with Crippen LogP contribution in [0.5, 0.6) is 57.5 Å². The minimum atomic E-state index is -2.91. The third-order valence-corrected chi connectivity index (χ3v) is 17.3. The van der Waals surface area contributed by atoms with Crippen LogP contribution >= 0.6 is 0 Å². The number of carbonyl (C=O) groups is 1. The number of Topliss-reactive ketones (excluding diaryl/α,β-unsaturated/α-hetero) is 1. The molecule has 4 aromatic rings. The Hall–Kier alpha value is -6.25. The summed E-state index contributed by atoms with van der Waals surface area (Å²) in [5.74, 6) is -14.6. The number of methoxy groups -OCH3 is 2. The van der Waals surface area contributed by atoms with Gasteiger partial charge < -0.3 is 148 Å². The Morgan fingerprint density at radius 3 is 1.60 bits per heavy atom. The molecule has 87 heavy (non-hydrogen) atoms. The number of hydrogen-bond acceptors (Lipinski definition) is 31. The molecule has 7 heterocycles. The highest BCUT2D eigenvalue weighted by atomic mass is 16.8. The van der Waals surface area contributed by atoms with Crippen LogP contribution in [0.3, 0.4) is 0 Å². The smallest absolute Gasteiger partial charge is 0.305 e. The Bertz CT molecular complexity index is 3290. The number of hydrogen-bond donors (Lipinski definition) is 17. The molecule has 2 bridgehead atoms. The molecule has 17 N–H and O–H groups in total. The highest BCUT2D eigenvalue weighted by Gasteiger charge is 2.69. The first kappa shape index (κ1) is 61.0. The third-order valence-electron chi connectivity index (χ3n) is 17.3. The van der Waals surface area contributed by atoms with E-state index >= 15 is 4.79 Å². The van der Waals surface area contributed by atoms with E-state index in [-0.39, 0.29) is 56.4 Å². The lowest BCUT2D eigenvalue weighted by molar-refractivity contribution is -0.355. The number of aliphatic hydroxyl groups is 12. The Morgan fingerprint density at radius 1 is 0.494 bits per heavy atom. The second-order valence-electron chi connectivity index (χ2n) is 22.5. The maximum Gasteiger partial charge on any atom is 0.305 e. The first-order valence-electron chi connectivity index (χ1n) is 27.5. The number of fused-ring (bicyclic) bond motifs is 12. The van der Waals surface area contributed by atoms with Gasteiger partial charge in [0.25, 0.3) is 5.79 Å². The predicted octanol–water partition coefficient (Wildman–Crippen LogP) is -3.88. The fourth-order valence-corrected chi connectivity index (χ4v) is 12.7. The molecule has 4 fully saturated rings. The molecule has 474 valence electrons. The lowest BCUT2D eigenvalue weighted by atomic mass is 9.74. The molecule has 4 aromatic carbocycles. The van der Waals surface area contributed by atoms with Gasteiger partial charge >= 0.3 is 5.79 Å². The van der Waals surface area contributed by atoms with Crippen LogP contribution in [0.15, 0.2) is 48.5 Å². The van der Waals surface area contributed by atoms with Crippen molar-refractivity contribution in [2.24, 2.45) is 0 Å². The molecular formula is C56H64O31. The Balaban J connectivity index is 0.991. The highest BCUT2D eigenvalue weighted by molar-refractivity contribution is 6.09. The van der Waals surface area contributed by atoms with E-state index in [0.717, 1.165) is 30.3 Å². The van der Waals surface area contributed by atoms with Gasteiger partial charge in [0.1, 0.15) is 120 Å². The van der Waals surface area contributed by atoms with Crippen LogP contribution in [0.4, 0.5) is 0 Å². The number of benzene rings is 4. The van der Waals surface area contributed by atoms with E-state index < -0.39 is 206 Å². The van der Waals surface area contributed by atoms with Gasteiger partial charge in [-0.25, -0.2) is 0 Å². The van der Waals surface area contributed by atoms with Crippen molar-refractivity contribution in [3.63, 3.8) is 0 Å². The average molecular weight is 1230 g/mol. The molecule has 0 radical (unpaired) electrons. The molecule has 7 aliphatic heterocycles. The Labute approximate surface area is 490 Å². The minimum absolute atomic E-state index is 0.1000. The monoisotopic (exact) mass is 1230 g/mol. The van der Waals surface area contributed by atoms with Crippen molar-refractivity contribution >= 4 is 5.78 Å². The Kier molecular flexibility index (Phi) is 15.7. The number of phenolic OH excluding ortho intramolecular Hbond substituents is 5. The van der Waals surface area contributed by atoms with Gasteiger partial charge in [-0.2, -0.15) is 0 Å². The van der Waals surface area contributed by atoms with Crippen LogP contribution in [0.2, 0.25) is 0 Å². The number of aliphatic hydroxyl groups excluding tert-OH is 12. The fourth-order valence-electron chi connectivity index (χ4n) is 12.7. The van der Waals surface area contributed by atoms with E-state index in [2.05, 4.69) is 0 Å². The Morgan fingerprint density at radius 2 is 1.01 bits per heavy atom. The van der Waals surface area contributed by atoms with Gasteiger partial charge in [0.15, 0.2) is 54.3 Å². The zero-order valence-corrected chi connectivity index (χ0v) is 46.1. The number of ether oxygens (including phenoxy) is 13. The van der Waals surface area contributed by atoms with E-state index in [0.29, 0.717) is 0 Å². The molecular weight excluding hydrogens is 1170 g/mol.